The van der Waals surface area contributed by atoms with Gasteiger partial charge in [0.15, 0.2) is 0 Å². The fraction of sp³-hybridized carbons (Fsp3) is 0.476. The van der Waals surface area contributed by atoms with E-state index >= 15 is 0 Å². The molecule has 6 nitrogen and oxygen atoms in total. The van der Waals surface area contributed by atoms with Gasteiger partial charge in [0.1, 0.15) is 11.6 Å². The number of carbonyl (C=O) groups excluding carboxylic acids is 1. The molecule has 0 bridgehead atoms. The van der Waals surface area contributed by atoms with Crippen molar-refractivity contribution in [3.63, 3.8) is 0 Å². The molecule has 7 heteroatoms. The highest BCUT2D eigenvalue weighted by atomic mass is 19.1. The molecule has 28 heavy (non-hydrogen) atoms. The van der Waals surface area contributed by atoms with Gasteiger partial charge in [0.2, 0.25) is 5.95 Å². The molecular formula is C21H28FN5O. The van der Waals surface area contributed by atoms with Crippen molar-refractivity contribution < 1.29 is 9.18 Å². The number of halogens is 1. The lowest BCUT2D eigenvalue weighted by molar-refractivity contribution is 0.0926. The molecule has 0 radical (unpaired) electrons. The minimum atomic E-state index is -0.293. The van der Waals surface area contributed by atoms with Crippen LogP contribution in [0.15, 0.2) is 24.4 Å². The monoisotopic (exact) mass is 385 g/mol. The van der Waals surface area contributed by atoms with Gasteiger partial charge in [0, 0.05) is 43.5 Å². The largest absolute Gasteiger partial charge is 0.362 e. The lowest BCUT2D eigenvalue weighted by Gasteiger charge is -2.30. The topological polar surface area (TPSA) is 70.2 Å². The summed E-state index contributed by atoms with van der Waals surface area (Å²) in [4.78, 5) is 23.4. The Morgan fingerprint density at radius 3 is 2.43 bits per heavy atom. The van der Waals surface area contributed by atoms with Crippen molar-refractivity contribution in [1.82, 2.24) is 15.3 Å². The van der Waals surface area contributed by atoms with Gasteiger partial charge in [-0.25, -0.2) is 9.37 Å². The number of hydrogen-bond donors (Lipinski definition) is 2. The molecule has 1 aliphatic rings. The average Bonchev–Trinajstić information content (AvgIpc) is 2.66. The van der Waals surface area contributed by atoms with E-state index in [0.717, 1.165) is 37.1 Å². The molecule has 2 N–H and O–H groups in total. The van der Waals surface area contributed by atoms with Crippen LogP contribution in [0, 0.1) is 19.7 Å². The lowest BCUT2D eigenvalue weighted by atomic mass is 9.91. The van der Waals surface area contributed by atoms with Crippen molar-refractivity contribution in [1.29, 1.82) is 0 Å². The zero-order valence-electron chi connectivity index (χ0n) is 16.9. The highest BCUT2D eigenvalue weighted by molar-refractivity contribution is 5.94. The van der Waals surface area contributed by atoms with Crippen molar-refractivity contribution >= 4 is 17.7 Å². The van der Waals surface area contributed by atoms with Crippen LogP contribution in [0.4, 0.5) is 16.2 Å². The van der Waals surface area contributed by atoms with E-state index < -0.39 is 0 Å². The molecule has 1 amide bonds. The summed E-state index contributed by atoms with van der Waals surface area (Å²) in [5, 5.41) is 6.49. The van der Waals surface area contributed by atoms with Crippen molar-refractivity contribution in [2.75, 3.05) is 24.3 Å². The third-order valence-corrected chi connectivity index (χ3v) is 5.18. The van der Waals surface area contributed by atoms with Crippen molar-refractivity contribution in [2.24, 2.45) is 0 Å². The Bertz CT molecular complexity index is 847. The maximum atomic E-state index is 13.4. The molecule has 150 valence electrons. The van der Waals surface area contributed by atoms with Crippen LogP contribution in [-0.4, -0.2) is 42.1 Å². The van der Waals surface area contributed by atoms with Gasteiger partial charge in [-0.3, -0.25) is 4.79 Å². The Labute approximate surface area is 165 Å². The number of hydrogen-bond acceptors (Lipinski definition) is 5. The molecule has 1 heterocycles. The highest BCUT2D eigenvalue weighted by Gasteiger charge is 2.23. The molecule has 2 aromatic rings. The maximum Gasteiger partial charge on any atom is 0.251 e. The van der Waals surface area contributed by atoms with Gasteiger partial charge in [-0.1, -0.05) is 0 Å². The summed E-state index contributed by atoms with van der Waals surface area (Å²) < 4.78 is 13.4. The summed E-state index contributed by atoms with van der Waals surface area (Å²) in [6.07, 6.45) is 5.47. The summed E-state index contributed by atoms with van der Waals surface area (Å²) in [5.41, 5.74) is 2.03. The molecule has 0 aliphatic heterocycles. The van der Waals surface area contributed by atoms with Crippen molar-refractivity contribution in [3.8, 4) is 0 Å². The van der Waals surface area contributed by atoms with Gasteiger partial charge in [-0.05, 0) is 63.3 Å². The Morgan fingerprint density at radius 1 is 1.11 bits per heavy atom. The molecule has 0 unspecified atom stereocenters. The number of benzene rings is 1. The first-order valence-corrected chi connectivity index (χ1v) is 9.68. The Balaban J connectivity index is 1.52. The molecule has 1 aromatic carbocycles. The zero-order valence-corrected chi connectivity index (χ0v) is 16.9. The van der Waals surface area contributed by atoms with Crippen molar-refractivity contribution in [2.45, 2.75) is 51.6 Å². The zero-order chi connectivity index (χ0) is 20.3. The number of anilines is 2. The van der Waals surface area contributed by atoms with E-state index in [0.29, 0.717) is 23.1 Å². The molecule has 0 atom stereocenters. The van der Waals surface area contributed by atoms with E-state index in [1.807, 2.05) is 32.1 Å². The molecule has 1 aliphatic carbocycles. The van der Waals surface area contributed by atoms with E-state index in [9.17, 15) is 9.18 Å². The van der Waals surface area contributed by atoms with Crippen LogP contribution in [0.5, 0.6) is 0 Å². The van der Waals surface area contributed by atoms with E-state index in [1.165, 1.54) is 12.1 Å². The fourth-order valence-corrected chi connectivity index (χ4v) is 3.57. The van der Waals surface area contributed by atoms with Crippen LogP contribution < -0.4 is 15.5 Å². The first kappa shape index (κ1) is 20.0. The lowest BCUT2D eigenvalue weighted by Crippen LogP contribution is -2.40. The van der Waals surface area contributed by atoms with Gasteiger partial charge in [0.05, 0.1) is 0 Å². The standard InChI is InChI=1S/C21H28FN5O/c1-13-11-15(5-10-18(13)22)20(28)24-16-6-8-17(9-7-16)25-21-23-12-14(2)19(26-21)27(3)4/h5,10-12,16-17H,6-9H2,1-4H3,(H,24,28)(H,23,25,26)/t16-,17+. The molecule has 0 spiro atoms. The van der Waals surface area contributed by atoms with E-state index in [2.05, 4.69) is 20.6 Å². The Kier molecular flexibility index (Phi) is 6.11. The van der Waals surface area contributed by atoms with Crippen LogP contribution >= 0.6 is 0 Å². The molecular weight excluding hydrogens is 357 g/mol. The summed E-state index contributed by atoms with van der Waals surface area (Å²) in [6, 6.07) is 4.89. The van der Waals surface area contributed by atoms with Gasteiger partial charge in [-0.2, -0.15) is 4.98 Å². The SMILES string of the molecule is Cc1cc(C(=O)N[C@H]2CC[C@@H](Nc3ncc(C)c(N(C)C)n3)CC2)ccc1F. The van der Waals surface area contributed by atoms with Gasteiger partial charge in [0.25, 0.3) is 5.91 Å². The summed E-state index contributed by atoms with van der Waals surface area (Å²) in [7, 11) is 3.94. The molecule has 1 aromatic heterocycles. The van der Waals surface area contributed by atoms with Gasteiger partial charge >= 0.3 is 0 Å². The first-order chi connectivity index (χ1) is 13.3. The summed E-state index contributed by atoms with van der Waals surface area (Å²) >= 11 is 0. The number of aryl methyl sites for hydroxylation is 2. The Hall–Kier alpha value is -2.70. The van der Waals surface area contributed by atoms with Gasteiger partial charge < -0.3 is 15.5 Å². The number of nitrogens with one attached hydrogen (secondary N) is 2. The van der Waals surface area contributed by atoms with Crippen molar-refractivity contribution in [3.05, 3.63) is 46.9 Å². The number of carbonyl (C=O) groups is 1. The van der Waals surface area contributed by atoms with Gasteiger partial charge in [-0.15, -0.1) is 0 Å². The van der Waals surface area contributed by atoms with Crippen LogP contribution in [0.25, 0.3) is 0 Å². The minimum absolute atomic E-state index is 0.132. The second kappa shape index (κ2) is 8.54. The number of nitrogens with zero attached hydrogens (tertiary/aromatic N) is 3. The van der Waals surface area contributed by atoms with Crippen LogP contribution in [0.3, 0.4) is 0 Å². The second-order valence-electron chi connectivity index (χ2n) is 7.72. The first-order valence-electron chi connectivity index (χ1n) is 9.68. The number of aromatic nitrogens is 2. The molecule has 1 fully saturated rings. The smallest absolute Gasteiger partial charge is 0.251 e. The van der Waals surface area contributed by atoms with E-state index in [1.54, 1.807) is 13.0 Å². The quantitative estimate of drug-likeness (QED) is 0.825. The van der Waals surface area contributed by atoms with Crippen LogP contribution in [0.2, 0.25) is 0 Å². The average molecular weight is 385 g/mol. The third-order valence-electron chi connectivity index (χ3n) is 5.18. The molecule has 0 saturated heterocycles. The minimum Gasteiger partial charge on any atom is -0.362 e. The second-order valence-corrected chi connectivity index (χ2v) is 7.72. The predicted molar refractivity (Wildman–Crippen MR) is 109 cm³/mol. The summed E-state index contributed by atoms with van der Waals surface area (Å²) in [6.45, 7) is 3.66. The molecule has 1 saturated carbocycles. The highest BCUT2D eigenvalue weighted by Crippen LogP contribution is 2.23. The van der Waals surface area contributed by atoms with Crippen LogP contribution in [-0.2, 0) is 0 Å². The molecule has 3 rings (SSSR count). The number of rotatable bonds is 5. The fourth-order valence-electron chi connectivity index (χ4n) is 3.57. The van der Waals surface area contributed by atoms with E-state index in [4.69, 9.17) is 0 Å². The third kappa shape index (κ3) is 4.77. The Morgan fingerprint density at radius 2 is 1.79 bits per heavy atom. The van der Waals surface area contributed by atoms with E-state index in [-0.39, 0.29) is 17.8 Å². The summed E-state index contributed by atoms with van der Waals surface area (Å²) in [5.74, 6) is 1.12. The predicted octanol–water partition coefficient (Wildman–Crippen LogP) is 3.45. The number of amides is 1. The van der Waals surface area contributed by atoms with Crippen LogP contribution in [0.1, 0.15) is 47.2 Å². The maximum absolute atomic E-state index is 13.4. The normalized spacial score (nSPS) is 19.2.